The first-order valence-corrected chi connectivity index (χ1v) is 10.8. The van der Waals surface area contributed by atoms with E-state index in [4.69, 9.17) is 0 Å². The van der Waals surface area contributed by atoms with Gasteiger partial charge in [-0.3, -0.25) is 9.13 Å². The van der Waals surface area contributed by atoms with Crippen molar-refractivity contribution in [2.45, 2.75) is 69.6 Å². The second-order valence-corrected chi connectivity index (χ2v) is 8.60. The Bertz CT molecular complexity index is 958. The summed E-state index contributed by atoms with van der Waals surface area (Å²) in [5.41, 5.74) is 1.59. The molecule has 3 aliphatic rings. The van der Waals surface area contributed by atoms with Crippen LogP contribution in [0.25, 0.3) is 0 Å². The number of carbonyl (C=O) groups is 1. The smallest absolute Gasteiger partial charge is 0.331 e. The summed E-state index contributed by atoms with van der Waals surface area (Å²) in [6, 6.07) is 10.3. The van der Waals surface area contributed by atoms with Crippen molar-refractivity contribution in [3.8, 4) is 5.88 Å². The zero-order valence-electron chi connectivity index (χ0n) is 16.6. The average Bonchev–Trinajstić information content (AvgIpc) is 3.50. The van der Waals surface area contributed by atoms with Crippen LogP contribution in [0.3, 0.4) is 0 Å². The van der Waals surface area contributed by atoms with Crippen LogP contribution in [0.5, 0.6) is 5.88 Å². The second-order valence-electron chi connectivity index (χ2n) is 8.60. The lowest BCUT2D eigenvalue weighted by Gasteiger charge is -2.31. The van der Waals surface area contributed by atoms with Crippen LogP contribution in [0.15, 0.2) is 35.1 Å². The molecular formula is C22H28N4O3. The van der Waals surface area contributed by atoms with E-state index in [1.807, 2.05) is 18.2 Å². The van der Waals surface area contributed by atoms with Crippen molar-refractivity contribution in [1.29, 1.82) is 0 Å². The molecule has 2 heterocycles. The number of carbonyl (C=O) groups excluding carboxylic acids is 1. The van der Waals surface area contributed by atoms with Gasteiger partial charge in [0.05, 0.1) is 6.54 Å². The molecule has 2 N–H and O–H groups in total. The molecule has 5 rings (SSSR count). The lowest BCUT2D eigenvalue weighted by molar-refractivity contribution is 0.175. The van der Waals surface area contributed by atoms with E-state index in [0.29, 0.717) is 18.8 Å². The van der Waals surface area contributed by atoms with E-state index in [-0.39, 0.29) is 42.1 Å². The molecule has 0 radical (unpaired) electrons. The van der Waals surface area contributed by atoms with Gasteiger partial charge in [-0.05, 0) is 24.8 Å². The van der Waals surface area contributed by atoms with E-state index in [0.717, 1.165) is 32.1 Å². The highest BCUT2D eigenvalue weighted by molar-refractivity contribution is 5.74. The van der Waals surface area contributed by atoms with Gasteiger partial charge in [0.25, 0.3) is 0 Å². The molecule has 2 saturated carbocycles. The molecule has 1 aromatic carbocycles. The molecule has 0 unspecified atom stereocenters. The number of amides is 2. The van der Waals surface area contributed by atoms with Crippen molar-refractivity contribution in [3.05, 3.63) is 52.1 Å². The van der Waals surface area contributed by atoms with Gasteiger partial charge in [0.15, 0.2) is 0 Å². The maximum atomic E-state index is 12.9. The lowest BCUT2D eigenvalue weighted by Crippen LogP contribution is -2.48. The molecule has 0 spiro atoms. The fraction of sp³-hybridized carbons (Fsp3) is 0.545. The minimum absolute atomic E-state index is 0.00693. The highest BCUT2D eigenvalue weighted by Gasteiger charge is 2.44. The van der Waals surface area contributed by atoms with Gasteiger partial charge < -0.3 is 15.3 Å². The van der Waals surface area contributed by atoms with Crippen LogP contribution in [-0.4, -0.2) is 37.8 Å². The number of urea groups is 1. The summed E-state index contributed by atoms with van der Waals surface area (Å²) in [7, 11) is 0. The Kier molecular flexibility index (Phi) is 4.60. The van der Waals surface area contributed by atoms with E-state index in [1.165, 1.54) is 16.6 Å². The summed E-state index contributed by atoms with van der Waals surface area (Å²) in [6.45, 7) is 1.19. The molecule has 1 aliphatic heterocycles. The van der Waals surface area contributed by atoms with Crippen molar-refractivity contribution >= 4 is 6.03 Å². The lowest BCUT2D eigenvalue weighted by atomic mass is 9.96. The molecule has 2 fully saturated rings. The maximum Gasteiger partial charge on any atom is 0.331 e. The molecular weight excluding hydrogens is 368 g/mol. The Balaban J connectivity index is 1.32. The van der Waals surface area contributed by atoms with Crippen LogP contribution in [0.4, 0.5) is 4.79 Å². The first-order valence-electron chi connectivity index (χ1n) is 10.8. The monoisotopic (exact) mass is 396 g/mol. The molecule has 7 nitrogen and oxygen atoms in total. The van der Waals surface area contributed by atoms with Crippen LogP contribution < -0.4 is 11.0 Å². The fourth-order valence-electron chi connectivity index (χ4n) is 4.97. The average molecular weight is 396 g/mol. The summed E-state index contributed by atoms with van der Waals surface area (Å²) in [5.74, 6) is 0.281. The zero-order valence-corrected chi connectivity index (χ0v) is 16.6. The molecule has 2 aromatic rings. The maximum absolute atomic E-state index is 12.9. The van der Waals surface area contributed by atoms with E-state index in [2.05, 4.69) is 17.4 Å². The first-order chi connectivity index (χ1) is 14.1. The zero-order chi connectivity index (χ0) is 20.0. The van der Waals surface area contributed by atoms with Crippen LogP contribution in [0.2, 0.25) is 0 Å². The van der Waals surface area contributed by atoms with Crippen molar-refractivity contribution in [3.63, 3.8) is 0 Å². The fourth-order valence-corrected chi connectivity index (χ4v) is 4.97. The normalized spacial score (nSPS) is 24.2. The Morgan fingerprint density at radius 3 is 2.59 bits per heavy atom. The molecule has 1 aromatic heterocycles. The highest BCUT2D eigenvalue weighted by atomic mass is 16.3. The number of nitrogens with one attached hydrogen (secondary N) is 1. The van der Waals surface area contributed by atoms with Gasteiger partial charge in [-0.2, -0.15) is 0 Å². The van der Waals surface area contributed by atoms with Gasteiger partial charge in [0.2, 0.25) is 5.88 Å². The topological polar surface area (TPSA) is 79.5 Å². The molecule has 7 heteroatoms. The molecule has 154 valence electrons. The Morgan fingerprint density at radius 1 is 1.07 bits per heavy atom. The van der Waals surface area contributed by atoms with Crippen LogP contribution in [0, 0.1) is 0 Å². The second kappa shape index (κ2) is 7.28. The summed E-state index contributed by atoms with van der Waals surface area (Å²) >= 11 is 0. The Hall–Kier alpha value is -2.70. The number of aromatic nitrogens is 2. The third-order valence-electron chi connectivity index (χ3n) is 6.72. The Labute approximate surface area is 169 Å². The molecule has 2 amide bonds. The summed E-state index contributed by atoms with van der Waals surface area (Å²) in [6.07, 6.45) is 6.50. The van der Waals surface area contributed by atoms with Gasteiger partial charge in [-0.25, -0.2) is 9.59 Å². The van der Waals surface area contributed by atoms with Crippen molar-refractivity contribution in [1.82, 2.24) is 19.4 Å². The standard InChI is InChI=1S/C22H28N4O3/c27-20-19-14-24(21(28)23-16-9-5-2-6-10-16)11-12-25(19)22(29)26(20)18-13-17(18)15-7-3-1-4-8-15/h1,3-4,7-8,16-18,27H,2,5-6,9-14H2,(H,23,28)/t17-,18+/m0/s1. The molecule has 2 atom stereocenters. The summed E-state index contributed by atoms with van der Waals surface area (Å²) < 4.78 is 3.18. The summed E-state index contributed by atoms with van der Waals surface area (Å²) in [5, 5.41) is 14.0. The van der Waals surface area contributed by atoms with Gasteiger partial charge in [0.1, 0.15) is 5.69 Å². The van der Waals surface area contributed by atoms with Crippen LogP contribution in [-0.2, 0) is 13.1 Å². The van der Waals surface area contributed by atoms with Crippen molar-refractivity contribution < 1.29 is 9.90 Å². The highest BCUT2D eigenvalue weighted by Crippen LogP contribution is 2.52. The van der Waals surface area contributed by atoms with Crippen molar-refractivity contribution in [2.75, 3.05) is 6.54 Å². The van der Waals surface area contributed by atoms with Gasteiger partial charge in [-0.1, -0.05) is 49.6 Å². The number of benzene rings is 1. The van der Waals surface area contributed by atoms with E-state index < -0.39 is 0 Å². The van der Waals surface area contributed by atoms with Gasteiger partial charge in [-0.15, -0.1) is 0 Å². The van der Waals surface area contributed by atoms with E-state index >= 15 is 0 Å². The number of aromatic hydroxyl groups is 1. The molecule has 29 heavy (non-hydrogen) atoms. The number of hydrogen-bond donors (Lipinski definition) is 2. The predicted octanol–water partition coefficient (Wildman–Crippen LogP) is 2.94. The van der Waals surface area contributed by atoms with Crippen LogP contribution in [0.1, 0.15) is 61.7 Å². The third-order valence-corrected chi connectivity index (χ3v) is 6.72. The Morgan fingerprint density at radius 2 is 1.83 bits per heavy atom. The minimum atomic E-state index is -0.159. The van der Waals surface area contributed by atoms with E-state index in [1.54, 1.807) is 9.47 Å². The number of imidazole rings is 1. The molecule has 2 aliphatic carbocycles. The molecule has 0 saturated heterocycles. The minimum Gasteiger partial charge on any atom is -0.493 e. The first kappa shape index (κ1) is 18.3. The third kappa shape index (κ3) is 3.32. The predicted molar refractivity (Wildman–Crippen MR) is 109 cm³/mol. The molecule has 0 bridgehead atoms. The number of rotatable bonds is 3. The van der Waals surface area contributed by atoms with E-state index in [9.17, 15) is 14.7 Å². The van der Waals surface area contributed by atoms with Gasteiger partial charge >= 0.3 is 11.7 Å². The van der Waals surface area contributed by atoms with Gasteiger partial charge in [0, 0.05) is 31.1 Å². The number of hydrogen-bond acceptors (Lipinski definition) is 3. The number of fused-ring (bicyclic) bond motifs is 1. The number of nitrogens with zero attached hydrogens (tertiary/aromatic N) is 3. The van der Waals surface area contributed by atoms with Crippen LogP contribution >= 0.6 is 0 Å². The quantitative estimate of drug-likeness (QED) is 0.837. The van der Waals surface area contributed by atoms with Crippen molar-refractivity contribution in [2.24, 2.45) is 0 Å². The summed E-state index contributed by atoms with van der Waals surface area (Å²) in [4.78, 5) is 27.4. The SMILES string of the molecule is O=C(NC1CCCCC1)N1CCn2c(c(O)n([C@@H]3C[C@H]3c3ccccc3)c2=O)C1. The largest absolute Gasteiger partial charge is 0.493 e.